The van der Waals surface area contributed by atoms with Crippen molar-refractivity contribution in [2.75, 3.05) is 0 Å². The summed E-state index contributed by atoms with van der Waals surface area (Å²) < 4.78 is 0. The highest BCUT2D eigenvalue weighted by Gasteiger charge is 2.09. The molecule has 3 N–H and O–H groups in total. The highest BCUT2D eigenvalue weighted by molar-refractivity contribution is 7.98. The molecule has 2 amide bonds. The summed E-state index contributed by atoms with van der Waals surface area (Å²) in [5.41, 5.74) is 8.61. The number of carbonyl (C=O) groups excluding carboxylic acids is 2. The van der Waals surface area contributed by atoms with Crippen molar-refractivity contribution in [3.8, 4) is 0 Å². The first kappa shape index (κ1) is 18.7. The maximum atomic E-state index is 12.2. The van der Waals surface area contributed by atoms with E-state index in [9.17, 15) is 9.59 Å². The molecular weight excluding hydrogens is 386 g/mol. The number of amides is 2. The van der Waals surface area contributed by atoms with Crippen molar-refractivity contribution in [3.63, 3.8) is 0 Å². The zero-order valence-corrected chi connectivity index (χ0v) is 16.1. The molecule has 2 aromatic heterocycles. The summed E-state index contributed by atoms with van der Waals surface area (Å²) in [5, 5.41) is 0.853. The van der Waals surface area contributed by atoms with Crippen molar-refractivity contribution < 1.29 is 9.59 Å². The zero-order valence-electron chi connectivity index (χ0n) is 15.3. The van der Waals surface area contributed by atoms with Gasteiger partial charge in [-0.05, 0) is 42.0 Å². The van der Waals surface area contributed by atoms with Gasteiger partial charge in [0, 0.05) is 23.7 Å². The number of para-hydroxylation sites is 2. The summed E-state index contributed by atoms with van der Waals surface area (Å²) in [7, 11) is 0. The summed E-state index contributed by atoms with van der Waals surface area (Å²) in [4.78, 5) is 35.8. The molecule has 0 spiro atoms. The topological polar surface area (TPSA) is 99.8 Å². The minimum atomic E-state index is -0.426. The third kappa shape index (κ3) is 4.61. The number of carbonyl (C=O) groups is 2. The summed E-state index contributed by atoms with van der Waals surface area (Å²) in [5.74, 6) is -0.0940. The Kier molecular flexibility index (Phi) is 5.53. The van der Waals surface area contributed by atoms with Gasteiger partial charge in [-0.25, -0.2) is 4.98 Å². The minimum absolute atomic E-state index is 0.366. The van der Waals surface area contributed by atoms with E-state index in [1.165, 1.54) is 6.20 Å². The third-order valence-electron chi connectivity index (χ3n) is 4.17. The van der Waals surface area contributed by atoms with Crippen LogP contribution in [0.5, 0.6) is 0 Å². The average molecular weight is 403 g/mol. The molecule has 2 aromatic carbocycles. The number of aromatic nitrogens is 3. The van der Waals surface area contributed by atoms with Gasteiger partial charge in [0.25, 0.3) is 11.8 Å². The highest BCUT2D eigenvalue weighted by Crippen LogP contribution is 2.23. The van der Waals surface area contributed by atoms with E-state index < -0.39 is 11.8 Å². The Morgan fingerprint density at radius 1 is 0.897 bits per heavy atom. The van der Waals surface area contributed by atoms with E-state index in [0.717, 1.165) is 27.5 Å². The lowest BCUT2D eigenvalue weighted by Crippen LogP contribution is -2.41. The smallest absolute Gasteiger partial charge is 0.271 e. The second-order valence-corrected chi connectivity index (χ2v) is 7.16. The predicted octanol–water partition coefficient (Wildman–Crippen LogP) is 3.33. The summed E-state index contributed by atoms with van der Waals surface area (Å²) in [6.07, 6.45) is 3.00. The van der Waals surface area contributed by atoms with Crippen LogP contribution >= 0.6 is 11.8 Å². The number of nitrogens with one attached hydrogen (secondary N) is 3. The first-order chi connectivity index (χ1) is 14.2. The monoisotopic (exact) mass is 403 g/mol. The van der Waals surface area contributed by atoms with Crippen LogP contribution in [0, 0.1) is 0 Å². The van der Waals surface area contributed by atoms with Crippen molar-refractivity contribution in [1.29, 1.82) is 0 Å². The van der Waals surface area contributed by atoms with E-state index in [1.54, 1.807) is 42.2 Å². The molecular formula is C21H17N5O2S. The molecule has 2 heterocycles. The number of pyridine rings is 1. The summed E-state index contributed by atoms with van der Waals surface area (Å²) >= 11 is 1.60. The Morgan fingerprint density at radius 2 is 1.66 bits per heavy atom. The Balaban J connectivity index is 1.31. The molecule has 7 nitrogen and oxygen atoms in total. The molecule has 0 saturated heterocycles. The molecule has 8 heteroatoms. The van der Waals surface area contributed by atoms with Crippen molar-refractivity contribution in [2.24, 2.45) is 0 Å². The molecule has 0 aliphatic heterocycles. The SMILES string of the molecule is O=C(NNC(=O)c1cccnc1)c1ccc(CSc2nc3ccccc3[nH]2)cc1. The van der Waals surface area contributed by atoms with Crippen molar-refractivity contribution in [2.45, 2.75) is 10.9 Å². The number of rotatable bonds is 5. The number of fused-ring (bicyclic) bond motifs is 1. The molecule has 4 aromatic rings. The molecule has 0 fully saturated rings. The van der Waals surface area contributed by atoms with Gasteiger partial charge in [-0.3, -0.25) is 25.4 Å². The molecule has 0 unspecified atom stereocenters. The summed E-state index contributed by atoms with van der Waals surface area (Å²) in [6, 6.07) is 18.4. The van der Waals surface area contributed by atoms with E-state index >= 15 is 0 Å². The molecule has 29 heavy (non-hydrogen) atoms. The Bertz CT molecular complexity index is 1110. The second kappa shape index (κ2) is 8.57. The van der Waals surface area contributed by atoms with E-state index in [4.69, 9.17) is 0 Å². The minimum Gasteiger partial charge on any atom is -0.333 e. The number of H-pyrrole nitrogens is 1. The highest BCUT2D eigenvalue weighted by atomic mass is 32.2. The van der Waals surface area contributed by atoms with E-state index in [2.05, 4.69) is 25.8 Å². The van der Waals surface area contributed by atoms with Crippen LogP contribution in [0.2, 0.25) is 0 Å². The van der Waals surface area contributed by atoms with Crippen LogP contribution < -0.4 is 10.9 Å². The van der Waals surface area contributed by atoms with Crippen molar-refractivity contribution >= 4 is 34.6 Å². The maximum absolute atomic E-state index is 12.2. The van der Waals surface area contributed by atoms with Crippen LogP contribution in [0.1, 0.15) is 26.3 Å². The van der Waals surface area contributed by atoms with Crippen LogP contribution in [0.3, 0.4) is 0 Å². The van der Waals surface area contributed by atoms with E-state index in [1.807, 2.05) is 36.4 Å². The van der Waals surface area contributed by atoms with Gasteiger partial charge in [-0.2, -0.15) is 0 Å². The summed E-state index contributed by atoms with van der Waals surface area (Å²) in [6.45, 7) is 0. The number of hydrogen-bond acceptors (Lipinski definition) is 5. The molecule has 4 rings (SSSR count). The Morgan fingerprint density at radius 3 is 2.38 bits per heavy atom. The van der Waals surface area contributed by atoms with Gasteiger partial charge in [0.2, 0.25) is 0 Å². The lowest BCUT2D eigenvalue weighted by molar-refractivity contribution is 0.0846. The van der Waals surface area contributed by atoms with Crippen LogP contribution in [0.25, 0.3) is 11.0 Å². The number of benzene rings is 2. The first-order valence-corrected chi connectivity index (χ1v) is 9.85. The van der Waals surface area contributed by atoms with E-state index in [-0.39, 0.29) is 0 Å². The van der Waals surface area contributed by atoms with Gasteiger partial charge < -0.3 is 4.98 Å². The second-order valence-electron chi connectivity index (χ2n) is 6.19. The first-order valence-electron chi connectivity index (χ1n) is 8.86. The fraction of sp³-hybridized carbons (Fsp3) is 0.0476. The van der Waals surface area contributed by atoms with E-state index in [0.29, 0.717) is 11.1 Å². The fourth-order valence-electron chi connectivity index (χ4n) is 2.66. The van der Waals surface area contributed by atoms with Crippen LogP contribution in [0.15, 0.2) is 78.2 Å². The number of nitrogens with zero attached hydrogens (tertiary/aromatic N) is 2. The molecule has 0 radical (unpaired) electrons. The molecule has 0 atom stereocenters. The van der Waals surface area contributed by atoms with Gasteiger partial charge >= 0.3 is 0 Å². The average Bonchev–Trinajstić information content (AvgIpc) is 3.20. The van der Waals surface area contributed by atoms with Crippen molar-refractivity contribution in [3.05, 3.63) is 89.7 Å². The molecule has 0 aliphatic carbocycles. The molecule has 0 bridgehead atoms. The molecule has 0 aliphatic rings. The van der Waals surface area contributed by atoms with Gasteiger partial charge in [-0.1, -0.05) is 36.0 Å². The number of aromatic amines is 1. The number of hydrazine groups is 1. The lowest BCUT2D eigenvalue weighted by Gasteiger charge is -2.07. The lowest BCUT2D eigenvalue weighted by atomic mass is 10.1. The Labute approximate surface area is 170 Å². The van der Waals surface area contributed by atoms with Crippen LogP contribution in [-0.2, 0) is 5.75 Å². The van der Waals surface area contributed by atoms with Crippen molar-refractivity contribution in [1.82, 2.24) is 25.8 Å². The van der Waals surface area contributed by atoms with Gasteiger partial charge in [0.15, 0.2) is 5.16 Å². The third-order valence-corrected chi connectivity index (χ3v) is 5.12. The molecule has 0 saturated carbocycles. The predicted molar refractivity (Wildman–Crippen MR) is 111 cm³/mol. The van der Waals surface area contributed by atoms with Crippen LogP contribution in [-0.4, -0.2) is 26.8 Å². The number of imidazole rings is 1. The van der Waals surface area contributed by atoms with Gasteiger partial charge in [0.05, 0.1) is 16.6 Å². The number of hydrogen-bond donors (Lipinski definition) is 3. The standard InChI is InChI=1S/C21H17N5O2S/c27-19(25-26-20(28)16-4-3-11-22-12-16)15-9-7-14(8-10-15)13-29-21-23-17-5-1-2-6-18(17)24-21/h1-12H,13H2,(H,23,24)(H,25,27)(H,26,28). The quantitative estimate of drug-likeness (QED) is 0.351. The number of thioether (sulfide) groups is 1. The van der Waals surface area contributed by atoms with Gasteiger partial charge in [-0.15, -0.1) is 0 Å². The zero-order chi connectivity index (χ0) is 20.1. The fourth-order valence-corrected chi connectivity index (χ4v) is 3.50. The largest absolute Gasteiger partial charge is 0.333 e. The van der Waals surface area contributed by atoms with Gasteiger partial charge in [0.1, 0.15) is 0 Å². The molecule has 144 valence electrons. The normalized spacial score (nSPS) is 10.6. The maximum Gasteiger partial charge on any atom is 0.271 e. The van der Waals surface area contributed by atoms with Crippen LogP contribution in [0.4, 0.5) is 0 Å². The Hall–Kier alpha value is -3.65.